The molecule has 1 aliphatic heterocycles. The van der Waals surface area contributed by atoms with Crippen LogP contribution in [-0.4, -0.2) is 61.9 Å². The number of carbonyl (C=O) groups is 2. The van der Waals surface area contributed by atoms with Crippen LogP contribution >= 0.6 is 0 Å². The van der Waals surface area contributed by atoms with Gasteiger partial charge in [-0.1, -0.05) is 13.8 Å². The second-order valence-electron chi connectivity index (χ2n) is 6.66. The Hall–Kier alpha value is -2.48. The highest BCUT2D eigenvalue weighted by molar-refractivity contribution is 6.01. The number of nitrogens with zero attached hydrogens (tertiary/aromatic N) is 5. The van der Waals surface area contributed by atoms with Crippen molar-refractivity contribution in [1.82, 2.24) is 24.4 Å². The fourth-order valence-electron chi connectivity index (χ4n) is 3.48. The summed E-state index contributed by atoms with van der Waals surface area (Å²) in [5, 5.41) is 4.30. The van der Waals surface area contributed by atoms with Crippen LogP contribution in [0.2, 0.25) is 0 Å². The molecule has 8 heteroatoms. The van der Waals surface area contributed by atoms with Gasteiger partial charge in [0.2, 0.25) is 5.91 Å². The Balaban J connectivity index is 1.86. The van der Waals surface area contributed by atoms with Gasteiger partial charge >= 0.3 is 0 Å². The van der Waals surface area contributed by atoms with Crippen LogP contribution in [0.25, 0.3) is 5.65 Å². The van der Waals surface area contributed by atoms with Gasteiger partial charge in [-0.3, -0.25) is 14.5 Å². The summed E-state index contributed by atoms with van der Waals surface area (Å²) in [6.07, 6.45) is 7.60. The molecule has 1 atom stereocenters. The van der Waals surface area contributed by atoms with E-state index in [0.29, 0.717) is 24.2 Å². The van der Waals surface area contributed by atoms with Gasteiger partial charge in [0.25, 0.3) is 5.91 Å². The molecule has 3 rings (SSSR count). The monoisotopic (exact) mass is 358 g/mol. The first kappa shape index (κ1) is 18.3. The predicted molar refractivity (Wildman–Crippen MR) is 97.5 cm³/mol. The number of aromatic nitrogens is 3. The summed E-state index contributed by atoms with van der Waals surface area (Å²) in [4.78, 5) is 33.0. The Labute approximate surface area is 153 Å². The van der Waals surface area contributed by atoms with E-state index in [4.69, 9.17) is 5.73 Å². The molecule has 3 heterocycles. The first-order valence-electron chi connectivity index (χ1n) is 9.20. The van der Waals surface area contributed by atoms with E-state index in [2.05, 4.69) is 28.8 Å². The summed E-state index contributed by atoms with van der Waals surface area (Å²) in [6, 6.07) is -0.548. The maximum absolute atomic E-state index is 13.0. The zero-order chi connectivity index (χ0) is 18.7. The second kappa shape index (κ2) is 7.82. The van der Waals surface area contributed by atoms with Gasteiger partial charge in [-0.25, -0.2) is 9.50 Å². The van der Waals surface area contributed by atoms with Crippen LogP contribution in [0.5, 0.6) is 0 Å². The number of likely N-dealkylation sites (tertiary alicyclic amines) is 1. The van der Waals surface area contributed by atoms with Crippen LogP contribution in [0.15, 0.2) is 18.6 Å². The number of fused-ring (bicyclic) bond motifs is 1. The Morgan fingerprint density at radius 3 is 2.73 bits per heavy atom. The molecule has 2 aromatic heterocycles. The standard InChI is InChI=1S/C18H26N6O2/c1-3-22(4-2)11-13-9-20-17-14(10-21-24(17)12-13)18(26)23-8-6-5-7-15(23)16(19)25/h9-10,12,15H,3-8,11H2,1-2H3,(H2,19,25). The number of hydrogen-bond donors (Lipinski definition) is 1. The van der Waals surface area contributed by atoms with Crippen LogP contribution in [0, 0.1) is 0 Å². The zero-order valence-corrected chi connectivity index (χ0v) is 15.4. The molecule has 8 nitrogen and oxygen atoms in total. The Morgan fingerprint density at radius 2 is 2.04 bits per heavy atom. The molecule has 1 saturated heterocycles. The van der Waals surface area contributed by atoms with Crippen molar-refractivity contribution < 1.29 is 9.59 Å². The van der Waals surface area contributed by atoms with Gasteiger partial charge in [-0.2, -0.15) is 5.10 Å². The average molecular weight is 358 g/mol. The predicted octanol–water partition coefficient (Wildman–Crippen LogP) is 1.05. The smallest absolute Gasteiger partial charge is 0.260 e. The van der Waals surface area contributed by atoms with Crippen molar-refractivity contribution in [2.24, 2.45) is 5.73 Å². The minimum Gasteiger partial charge on any atom is -0.368 e. The highest BCUT2D eigenvalue weighted by Gasteiger charge is 2.32. The van der Waals surface area contributed by atoms with E-state index in [9.17, 15) is 9.59 Å². The van der Waals surface area contributed by atoms with Gasteiger partial charge in [-0.05, 0) is 32.4 Å². The molecule has 1 unspecified atom stereocenters. The van der Waals surface area contributed by atoms with E-state index < -0.39 is 11.9 Å². The quantitative estimate of drug-likeness (QED) is 0.832. The maximum Gasteiger partial charge on any atom is 0.260 e. The second-order valence-corrected chi connectivity index (χ2v) is 6.66. The summed E-state index contributed by atoms with van der Waals surface area (Å²) >= 11 is 0. The van der Waals surface area contributed by atoms with Crippen LogP contribution in [0.1, 0.15) is 49.0 Å². The lowest BCUT2D eigenvalue weighted by Gasteiger charge is -2.33. The SMILES string of the molecule is CCN(CC)Cc1cnc2c(C(=O)N3CCCCC3C(N)=O)cnn2c1. The van der Waals surface area contributed by atoms with Gasteiger partial charge in [0, 0.05) is 31.0 Å². The van der Waals surface area contributed by atoms with Gasteiger partial charge in [-0.15, -0.1) is 0 Å². The largest absolute Gasteiger partial charge is 0.368 e. The topological polar surface area (TPSA) is 96.8 Å². The number of piperidine rings is 1. The van der Waals surface area contributed by atoms with Crippen molar-refractivity contribution in [2.45, 2.75) is 45.7 Å². The third-order valence-corrected chi connectivity index (χ3v) is 5.03. The van der Waals surface area contributed by atoms with Crippen LogP contribution < -0.4 is 5.73 Å². The van der Waals surface area contributed by atoms with Crippen LogP contribution in [0.4, 0.5) is 0 Å². The van der Waals surface area contributed by atoms with Crippen LogP contribution in [-0.2, 0) is 11.3 Å². The molecular formula is C18H26N6O2. The Bertz CT molecular complexity index is 798. The highest BCUT2D eigenvalue weighted by Crippen LogP contribution is 2.21. The molecule has 1 fully saturated rings. The number of nitrogens with two attached hydrogens (primary N) is 1. The van der Waals surface area contributed by atoms with E-state index in [1.165, 1.54) is 6.20 Å². The third-order valence-electron chi connectivity index (χ3n) is 5.03. The molecular weight excluding hydrogens is 332 g/mol. The lowest BCUT2D eigenvalue weighted by atomic mass is 10.0. The van der Waals surface area contributed by atoms with Crippen molar-refractivity contribution in [1.29, 1.82) is 0 Å². The van der Waals surface area contributed by atoms with E-state index in [-0.39, 0.29) is 5.91 Å². The molecule has 2 aromatic rings. The zero-order valence-electron chi connectivity index (χ0n) is 15.4. The lowest BCUT2D eigenvalue weighted by molar-refractivity contribution is -0.123. The first-order valence-corrected chi connectivity index (χ1v) is 9.20. The Morgan fingerprint density at radius 1 is 1.27 bits per heavy atom. The molecule has 0 spiro atoms. The summed E-state index contributed by atoms with van der Waals surface area (Å²) < 4.78 is 1.63. The highest BCUT2D eigenvalue weighted by atomic mass is 16.2. The summed E-state index contributed by atoms with van der Waals surface area (Å²) in [6.45, 7) is 7.47. The number of carbonyl (C=O) groups excluding carboxylic acids is 2. The summed E-state index contributed by atoms with van der Waals surface area (Å²) in [5.41, 5.74) is 7.43. The van der Waals surface area contributed by atoms with Crippen molar-refractivity contribution in [3.8, 4) is 0 Å². The number of primary amides is 1. The van der Waals surface area contributed by atoms with Gasteiger partial charge in [0.15, 0.2) is 5.65 Å². The van der Waals surface area contributed by atoms with E-state index >= 15 is 0 Å². The maximum atomic E-state index is 13.0. The summed E-state index contributed by atoms with van der Waals surface area (Å²) in [7, 11) is 0. The molecule has 140 valence electrons. The minimum absolute atomic E-state index is 0.229. The molecule has 0 radical (unpaired) electrons. The van der Waals surface area contributed by atoms with Crippen LogP contribution in [0.3, 0.4) is 0 Å². The molecule has 1 aliphatic rings. The molecule has 2 amide bonds. The molecule has 0 aliphatic carbocycles. The van der Waals surface area contributed by atoms with Crippen molar-refractivity contribution >= 4 is 17.5 Å². The van der Waals surface area contributed by atoms with Gasteiger partial charge in [0.1, 0.15) is 11.6 Å². The van der Waals surface area contributed by atoms with E-state index in [1.54, 1.807) is 15.6 Å². The lowest BCUT2D eigenvalue weighted by Crippen LogP contribution is -2.50. The third kappa shape index (κ3) is 3.55. The van der Waals surface area contributed by atoms with E-state index in [1.807, 2.05) is 6.20 Å². The van der Waals surface area contributed by atoms with Gasteiger partial charge < -0.3 is 10.6 Å². The first-order chi connectivity index (χ1) is 12.5. The molecule has 0 bridgehead atoms. The van der Waals surface area contributed by atoms with Gasteiger partial charge in [0.05, 0.1) is 6.20 Å². The molecule has 2 N–H and O–H groups in total. The van der Waals surface area contributed by atoms with E-state index in [0.717, 1.165) is 38.0 Å². The fourth-order valence-corrected chi connectivity index (χ4v) is 3.48. The fraction of sp³-hybridized carbons (Fsp3) is 0.556. The number of hydrogen-bond acceptors (Lipinski definition) is 5. The molecule has 0 saturated carbocycles. The minimum atomic E-state index is -0.548. The molecule has 26 heavy (non-hydrogen) atoms. The normalized spacial score (nSPS) is 17.8. The summed E-state index contributed by atoms with van der Waals surface area (Å²) in [5.74, 6) is -0.684. The van der Waals surface area contributed by atoms with Crippen molar-refractivity contribution in [2.75, 3.05) is 19.6 Å². The molecule has 0 aromatic carbocycles. The van der Waals surface area contributed by atoms with Crippen molar-refractivity contribution in [3.05, 3.63) is 29.7 Å². The number of rotatable bonds is 6. The average Bonchev–Trinajstić information content (AvgIpc) is 3.08. The number of amides is 2. The Kier molecular flexibility index (Phi) is 5.51. The van der Waals surface area contributed by atoms with Crippen molar-refractivity contribution in [3.63, 3.8) is 0 Å².